The van der Waals surface area contributed by atoms with Gasteiger partial charge in [0.25, 0.3) is 5.91 Å². The van der Waals surface area contributed by atoms with E-state index in [0.29, 0.717) is 38.4 Å². The monoisotopic (exact) mass is 495 g/mol. The van der Waals surface area contributed by atoms with Gasteiger partial charge in [0, 0.05) is 46.6 Å². The van der Waals surface area contributed by atoms with E-state index in [-0.39, 0.29) is 5.91 Å². The molecule has 0 unspecified atom stereocenters. The molecule has 9 nitrogen and oxygen atoms in total. The number of aromatic nitrogens is 4. The van der Waals surface area contributed by atoms with E-state index in [1.165, 1.54) is 4.90 Å². The summed E-state index contributed by atoms with van der Waals surface area (Å²) in [7, 11) is 3.40. The molecule has 0 bridgehead atoms. The third-order valence-corrected chi connectivity index (χ3v) is 5.28. The second-order valence-corrected chi connectivity index (χ2v) is 8.40. The maximum Gasteiger partial charge on any atom is 0.323 e. The fraction of sp³-hybridized carbons (Fsp3) is 0.0870. The van der Waals surface area contributed by atoms with E-state index in [1.807, 2.05) is 18.2 Å². The van der Waals surface area contributed by atoms with Gasteiger partial charge in [-0.3, -0.25) is 4.79 Å². The van der Waals surface area contributed by atoms with Crippen LogP contribution in [-0.2, 0) is 0 Å². The summed E-state index contributed by atoms with van der Waals surface area (Å²) in [5.41, 5.74) is 3.88. The molecule has 0 saturated heterocycles. The molecule has 0 fully saturated rings. The maximum atomic E-state index is 12.5. The first kappa shape index (κ1) is 23.2. The molecule has 0 aliphatic carbocycles. The van der Waals surface area contributed by atoms with Crippen LogP contribution in [0.4, 0.5) is 16.2 Å². The van der Waals surface area contributed by atoms with E-state index < -0.39 is 6.03 Å². The number of rotatable bonds is 5. The Kier molecular flexibility index (Phi) is 6.76. The summed E-state index contributed by atoms with van der Waals surface area (Å²) in [5, 5.41) is 20.4. The highest BCUT2D eigenvalue weighted by Crippen LogP contribution is 2.33. The number of amides is 3. The Morgan fingerprint density at radius 2 is 1.53 bits per heavy atom. The Balaban J connectivity index is 1.61. The SMILES string of the molecule is CN(C)C(=O)c1ccc(-c2ccc(NC(=O)Nc3cc(Cl)cc(Cl)c3)cc2-c2nnn[nH]2)cc1. The maximum absolute atomic E-state index is 12.5. The van der Waals surface area contributed by atoms with Crippen LogP contribution in [0.1, 0.15) is 10.4 Å². The Morgan fingerprint density at radius 3 is 2.15 bits per heavy atom. The average Bonchev–Trinajstić information content (AvgIpc) is 3.33. The Labute approximate surface area is 205 Å². The molecule has 11 heteroatoms. The van der Waals surface area contributed by atoms with Gasteiger partial charge in [-0.25, -0.2) is 9.89 Å². The molecule has 4 aromatic rings. The van der Waals surface area contributed by atoms with Gasteiger partial charge < -0.3 is 15.5 Å². The highest BCUT2D eigenvalue weighted by Gasteiger charge is 2.15. The minimum Gasteiger partial charge on any atom is -0.345 e. The van der Waals surface area contributed by atoms with Crippen molar-refractivity contribution >= 4 is 46.5 Å². The zero-order valence-corrected chi connectivity index (χ0v) is 19.6. The number of hydrogen-bond donors (Lipinski definition) is 3. The molecule has 3 aromatic carbocycles. The first-order chi connectivity index (χ1) is 16.3. The van der Waals surface area contributed by atoms with Crippen LogP contribution in [0.3, 0.4) is 0 Å². The van der Waals surface area contributed by atoms with Crippen LogP contribution in [0, 0.1) is 0 Å². The molecule has 0 radical (unpaired) electrons. The summed E-state index contributed by atoms with van der Waals surface area (Å²) in [5.74, 6) is 0.340. The zero-order valence-electron chi connectivity index (χ0n) is 18.1. The molecular formula is C23H19Cl2N7O2. The molecule has 0 aliphatic heterocycles. The van der Waals surface area contributed by atoms with E-state index in [9.17, 15) is 9.59 Å². The van der Waals surface area contributed by atoms with Gasteiger partial charge in [-0.05, 0) is 64.0 Å². The molecule has 3 amide bonds. The number of tetrazole rings is 1. The number of hydrogen-bond acceptors (Lipinski definition) is 5. The molecule has 34 heavy (non-hydrogen) atoms. The second-order valence-electron chi connectivity index (χ2n) is 7.52. The van der Waals surface area contributed by atoms with Crippen molar-refractivity contribution in [2.75, 3.05) is 24.7 Å². The minimum absolute atomic E-state index is 0.0854. The number of nitrogens with one attached hydrogen (secondary N) is 3. The zero-order chi connectivity index (χ0) is 24.2. The minimum atomic E-state index is -0.473. The summed E-state index contributed by atoms with van der Waals surface area (Å²) in [6.45, 7) is 0. The Bertz CT molecular complexity index is 1320. The van der Waals surface area contributed by atoms with Gasteiger partial charge in [0.05, 0.1) is 0 Å². The smallest absolute Gasteiger partial charge is 0.323 e. The number of anilines is 2. The Hall–Kier alpha value is -3.95. The molecule has 0 spiro atoms. The van der Waals surface area contributed by atoms with E-state index in [1.54, 1.807) is 56.6 Å². The van der Waals surface area contributed by atoms with Crippen molar-refractivity contribution in [1.82, 2.24) is 25.5 Å². The molecule has 0 aliphatic rings. The van der Waals surface area contributed by atoms with Crippen molar-refractivity contribution in [1.29, 1.82) is 0 Å². The van der Waals surface area contributed by atoms with E-state index >= 15 is 0 Å². The standard InChI is InChI=1S/C23H19Cl2N7O2/c1-32(2)22(33)14-5-3-13(4-6-14)19-8-7-17(12-20(19)21-28-30-31-29-21)26-23(34)27-18-10-15(24)9-16(25)11-18/h3-12H,1-2H3,(H2,26,27,34)(H,28,29,30,31). The molecular weight excluding hydrogens is 477 g/mol. The summed E-state index contributed by atoms with van der Waals surface area (Å²) in [4.78, 5) is 26.2. The highest BCUT2D eigenvalue weighted by atomic mass is 35.5. The molecule has 4 rings (SSSR count). The van der Waals surface area contributed by atoms with Crippen LogP contribution >= 0.6 is 23.2 Å². The lowest BCUT2D eigenvalue weighted by atomic mass is 9.97. The van der Waals surface area contributed by atoms with Gasteiger partial charge >= 0.3 is 6.03 Å². The number of nitrogens with zero attached hydrogens (tertiary/aromatic N) is 4. The average molecular weight is 496 g/mol. The van der Waals surface area contributed by atoms with Gasteiger partial charge in [-0.1, -0.05) is 41.4 Å². The second kappa shape index (κ2) is 9.90. The number of H-pyrrole nitrogens is 1. The lowest BCUT2D eigenvalue weighted by Crippen LogP contribution is -2.21. The van der Waals surface area contributed by atoms with Crippen molar-refractivity contribution in [3.05, 3.63) is 76.3 Å². The summed E-state index contributed by atoms with van der Waals surface area (Å²) in [6, 6.07) is 16.8. The predicted molar refractivity (Wildman–Crippen MR) is 132 cm³/mol. The third-order valence-electron chi connectivity index (χ3n) is 4.85. The van der Waals surface area contributed by atoms with Gasteiger partial charge in [-0.2, -0.15) is 0 Å². The summed E-state index contributed by atoms with van der Waals surface area (Å²) in [6.07, 6.45) is 0. The van der Waals surface area contributed by atoms with Crippen molar-refractivity contribution in [3.63, 3.8) is 0 Å². The molecule has 1 heterocycles. The largest absolute Gasteiger partial charge is 0.345 e. The number of urea groups is 1. The number of aromatic amines is 1. The van der Waals surface area contributed by atoms with E-state index in [4.69, 9.17) is 23.2 Å². The molecule has 0 atom stereocenters. The van der Waals surface area contributed by atoms with Crippen LogP contribution < -0.4 is 10.6 Å². The van der Waals surface area contributed by atoms with Crippen LogP contribution in [0.25, 0.3) is 22.5 Å². The van der Waals surface area contributed by atoms with Gasteiger partial charge in [0.1, 0.15) is 0 Å². The lowest BCUT2D eigenvalue weighted by molar-refractivity contribution is 0.0827. The first-order valence-corrected chi connectivity index (χ1v) is 10.8. The van der Waals surface area contributed by atoms with E-state index in [2.05, 4.69) is 31.3 Å². The van der Waals surface area contributed by atoms with Crippen molar-refractivity contribution in [2.24, 2.45) is 0 Å². The van der Waals surface area contributed by atoms with Gasteiger partial charge in [-0.15, -0.1) is 5.10 Å². The highest BCUT2D eigenvalue weighted by molar-refractivity contribution is 6.35. The number of carbonyl (C=O) groups excluding carboxylic acids is 2. The third kappa shape index (κ3) is 5.33. The summed E-state index contributed by atoms with van der Waals surface area (Å²) < 4.78 is 0. The normalized spacial score (nSPS) is 10.6. The Morgan fingerprint density at radius 1 is 0.853 bits per heavy atom. The number of halogens is 2. The quantitative estimate of drug-likeness (QED) is 0.352. The van der Waals surface area contributed by atoms with Crippen LogP contribution in [0.2, 0.25) is 10.0 Å². The fourth-order valence-corrected chi connectivity index (χ4v) is 3.84. The molecule has 0 saturated carbocycles. The van der Waals surface area contributed by atoms with Crippen molar-refractivity contribution < 1.29 is 9.59 Å². The van der Waals surface area contributed by atoms with Crippen LogP contribution in [0.5, 0.6) is 0 Å². The molecule has 1 aromatic heterocycles. The van der Waals surface area contributed by atoms with Gasteiger partial charge in [0.15, 0.2) is 5.82 Å². The van der Waals surface area contributed by atoms with Crippen molar-refractivity contribution in [2.45, 2.75) is 0 Å². The summed E-state index contributed by atoms with van der Waals surface area (Å²) >= 11 is 12.0. The van der Waals surface area contributed by atoms with Crippen molar-refractivity contribution in [3.8, 4) is 22.5 Å². The first-order valence-electron chi connectivity index (χ1n) is 10.0. The fourth-order valence-electron chi connectivity index (χ4n) is 3.31. The lowest BCUT2D eigenvalue weighted by Gasteiger charge is -2.13. The predicted octanol–water partition coefficient (Wildman–Crippen LogP) is 5.19. The number of benzene rings is 3. The van der Waals surface area contributed by atoms with E-state index in [0.717, 1.165) is 11.1 Å². The van der Waals surface area contributed by atoms with Crippen LogP contribution in [-0.4, -0.2) is 51.6 Å². The number of carbonyl (C=O) groups is 2. The van der Waals surface area contributed by atoms with Crippen LogP contribution in [0.15, 0.2) is 60.7 Å². The van der Waals surface area contributed by atoms with Gasteiger partial charge in [0.2, 0.25) is 0 Å². The molecule has 3 N–H and O–H groups in total. The molecule has 172 valence electrons. The topological polar surface area (TPSA) is 116 Å².